The molecule has 1 aromatic carbocycles. The number of alkyl halides is 3. The summed E-state index contributed by atoms with van der Waals surface area (Å²) >= 11 is 1.67. The molecule has 2 unspecified atom stereocenters. The molecule has 0 radical (unpaired) electrons. The van der Waals surface area contributed by atoms with E-state index in [-0.39, 0.29) is 10.8 Å². The fourth-order valence-corrected chi connectivity index (χ4v) is 6.50. The van der Waals surface area contributed by atoms with Gasteiger partial charge in [0.2, 0.25) is 0 Å². The Morgan fingerprint density at radius 3 is 2.62 bits per heavy atom. The summed E-state index contributed by atoms with van der Waals surface area (Å²) in [5, 5.41) is 13.1. The summed E-state index contributed by atoms with van der Waals surface area (Å²) in [7, 11) is 1.97. The van der Waals surface area contributed by atoms with Crippen LogP contribution in [0.5, 0.6) is 0 Å². The van der Waals surface area contributed by atoms with Crippen LogP contribution >= 0.6 is 11.8 Å². The van der Waals surface area contributed by atoms with Gasteiger partial charge in [0.05, 0.1) is 5.56 Å². The van der Waals surface area contributed by atoms with E-state index in [1.54, 1.807) is 30.1 Å². The van der Waals surface area contributed by atoms with Gasteiger partial charge in [0.15, 0.2) is 11.0 Å². The maximum absolute atomic E-state index is 13.1. The Morgan fingerprint density at radius 1 is 1.15 bits per heavy atom. The van der Waals surface area contributed by atoms with Crippen molar-refractivity contribution in [2.75, 3.05) is 18.8 Å². The Hall–Kier alpha value is -2.39. The highest BCUT2D eigenvalue weighted by Gasteiger charge is 2.67. The highest BCUT2D eigenvalue weighted by Crippen LogP contribution is 2.69. The third-order valence-electron chi connectivity index (χ3n) is 7.60. The summed E-state index contributed by atoms with van der Waals surface area (Å²) in [6, 6.07) is 9.77. The van der Waals surface area contributed by atoms with E-state index >= 15 is 0 Å². The predicted octanol–water partition coefficient (Wildman–Crippen LogP) is 5.40. The van der Waals surface area contributed by atoms with Crippen LogP contribution in [0.25, 0.3) is 11.4 Å². The molecule has 1 saturated carbocycles. The van der Waals surface area contributed by atoms with Crippen LogP contribution in [0.2, 0.25) is 0 Å². The minimum absolute atomic E-state index is 0.0426. The first-order chi connectivity index (χ1) is 16.3. The van der Waals surface area contributed by atoms with Crippen molar-refractivity contribution in [3.8, 4) is 11.4 Å². The van der Waals surface area contributed by atoms with Gasteiger partial charge in [-0.2, -0.15) is 13.2 Å². The van der Waals surface area contributed by atoms with Crippen molar-refractivity contribution in [1.82, 2.24) is 25.1 Å². The van der Waals surface area contributed by atoms with Crippen molar-refractivity contribution in [1.29, 1.82) is 0 Å². The van der Waals surface area contributed by atoms with Crippen LogP contribution < -0.4 is 5.32 Å². The molecule has 5 rings (SSSR count). The summed E-state index contributed by atoms with van der Waals surface area (Å²) in [4.78, 5) is 4.34. The summed E-state index contributed by atoms with van der Waals surface area (Å²) in [5.74, 6) is 1.68. The van der Waals surface area contributed by atoms with Crippen molar-refractivity contribution in [2.45, 2.75) is 49.4 Å². The van der Waals surface area contributed by atoms with Gasteiger partial charge in [0, 0.05) is 42.2 Å². The number of hydrogen-bond acceptors (Lipinski definition) is 5. The molecular formula is C25H28F3N5S. The molecule has 1 aliphatic carbocycles. The van der Waals surface area contributed by atoms with E-state index in [1.807, 2.05) is 30.7 Å². The number of hydrogen-bond donors (Lipinski definition) is 1. The lowest BCUT2D eigenvalue weighted by molar-refractivity contribution is -0.137. The lowest BCUT2D eigenvalue weighted by atomic mass is 9.81. The molecule has 1 spiro atoms. The van der Waals surface area contributed by atoms with E-state index in [4.69, 9.17) is 0 Å². The van der Waals surface area contributed by atoms with E-state index in [0.29, 0.717) is 0 Å². The average molecular weight is 488 g/mol. The molecule has 2 atom stereocenters. The Balaban J connectivity index is 1.27. The minimum Gasteiger partial charge on any atom is -0.316 e. The van der Waals surface area contributed by atoms with Crippen molar-refractivity contribution in [2.24, 2.45) is 12.5 Å². The summed E-state index contributed by atoms with van der Waals surface area (Å²) in [6.07, 6.45) is 1.50. The largest absolute Gasteiger partial charge is 0.416 e. The number of benzene rings is 1. The Morgan fingerprint density at radius 2 is 1.94 bits per heavy atom. The molecule has 3 aromatic rings. The molecule has 1 N–H and O–H groups in total. The molecule has 180 valence electrons. The van der Waals surface area contributed by atoms with Gasteiger partial charge in [0.25, 0.3) is 0 Å². The number of aromatic nitrogens is 4. The van der Waals surface area contributed by atoms with Crippen LogP contribution in [0.4, 0.5) is 13.2 Å². The number of pyridine rings is 1. The molecule has 0 amide bonds. The van der Waals surface area contributed by atoms with Crippen LogP contribution in [-0.4, -0.2) is 38.6 Å². The second-order valence-corrected chi connectivity index (χ2v) is 10.6. The Bertz CT molecular complexity index is 1170. The minimum atomic E-state index is -4.30. The maximum Gasteiger partial charge on any atom is 0.416 e. The van der Waals surface area contributed by atoms with Crippen molar-refractivity contribution in [3.05, 3.63) is 59.4 Å². The van der Waals surface area contributed by atoms with E-state index in [1.165, 1.54) is 12.1 Å². The zero-order valence-electron chi connectivity index (χ0n) is 19.3. The number of halogens is 3. The van der Waals surface area contributed by atoms with Crippen molar-refractivity contribution < 1.29 is 13.2 Å². The Labute approximate surface area is 201 Å². The first-order valence-electron chi connectivity index (χ1n) is 11.6. The first-order valence-corrected chi connectivity index (χ1v) is 12.6. The highest BCUT2D eigenvalue weighted by atomic mass is 32.2. The standard InChI is InChI=1S/C25H28F3N5S/c1-17-20(5-3-12-30-17)21-31-32-22(33(21)2)34-14-4-10-24(15-23(24)11-13-29-16-23)18-6-8-19(9-7-18)25(26,27)28/h3,5-9,12,29H,4,10-11,13-16H2,1-2H3. The molecule has 2 aromatic heterocycles. The quantitative estimate of drug-likeness (QED) is 0.357. The topological polar surface area (TPSA) is 55.6 Å². The van der Waals surface area contributed by atoms with Crippen LogP contribution in [0.15, 0.2) is 47.8 Å². The molecule has 3 heterocycles. The zero-order chi connectivity index (χ0) is 24.0. The summed E-state index contributed by atoms with van der Waals surface area (Å²) in [5.41, 5.74) is 2.48. The molecule has 1 aliphatic heterocycles. The fraction of sp³-hybridized carbons (Fsp3) is 0.480. The molecule has 1 saturated heterocycles. The third-order valence-corrected chi connectivity index (χ3v) is 8.71. The second-order valence-electron chi connectivity index (χ2n) is 9.49. The number of rotatable bonds is 7. The van der Waals surface area contributed by atoms with Crippen LogP contribution in [-0.2, 0) is 18.6 Å². The van der Waals surface area contributed by atoms with Crippen LogP contribution in [0.1, 0.15) is 42.5 Å². The number of nitrogens with one attached hydrogen (secondary N) is 1. The average Bonchev–Trinajstić information content (AvgIpc) is 3.06. The Kier molecular flexibility index (Phi) is 5.96. The maximum atomic E-state index is 13.1. The lowest BCUT2D eigenvalue weighted by Crippen LogP contribution is -2.22. The van der Waals surface area contributed by atoms with Gasteiger partial charge in [0.1, 0.15) is 0 Å². The van der Waals surface area contributed by atoms with Gasteiger partial charge < -0.3 is 9.88 Å². The number of aryl methyl sites for hydroxylation is 1. The second kappa shape index (κ2) is 8.68. The van der Waals surface area contributed by atoms with E-state index < -0.39 is 11.7 Å². The summed E-state index contributed by atoms with van der Waals surface area (Å²) in [6.45, 7) is 3.88. The zero-order valence-corrected chi connectivity index (χ0v) is 20.1. The smallest absolute Gasteiger partial charge is 0.316 e. The molecule has 2 aliphatic rings. The van der Waals surface area contributed by atoms with Crippen molar-refractivity contribution >= 4 is 11.8 Å². The number of thioether (sulfide) groups is 1. The van der Waals surface area contributed by atoms with Crippen LogP contribution in [0.3, 0.4) is 0 Å². The van der Waals surface area contributed by atoms with Gasteiger partial charge in [-0.25, -0.2) is 0 Å². The van der Waals surface area contributed by atoms with Crippen molar-refractivity contribution in [3.63, 3.8) is 0 Å². The first kappa shape index (κ1) is 23.4. The monoisotopic (exact) mass is 487 g/mol. The number of nitrogens with zero attached hydrogens (tertiary/aromatic N) is 4. The van der Waals surface area contributed by atoms with E-state index in [9.17, 15) is 13.2 Å². The fourth-order valence-electron chi connectivity index (χ4n) is 5.65. The molecule has 5 nitrogen and oxygen atoms in total. The highest BCUT2D eigenvalue weighted by molar-refractivity contribution is 7.99. The molecular weight excluding hydrogens is 459 g/mol. The van der Waals surface area contributed by atoms with E-state index in [0.717, 1.165) is 72.3 Å². The van der Waals surface area contributed by atoms with Crippen LogP contribution in [0, 0.1) is 12.3 Å². The lowest BCUT2D eigenvalue weighted by Gasteiger charge is -2.23. The van der Waals surface area contributed by atoms with Gasteiger partial charge in [-0.3, -0.25) is 4.98 Å². The van der Waals surface area contributed by atoms with Gasteiger partial charge >= 0.3 is 6.18 Å². The third kappa shape index (κ3) is 4.02. The molecule has 34 heavy (non-hydrogen) atoms. The molecule has 0 bridgehead atoms. The van der Waals surface area contributed by atoms with Gasteiger partial charge in [-0.1, -0.05) is 23.9 Å². The normalized spacial score (nSPS) is 24.1. The molecule has 2 fully saturated rings. The SMILES string of the molecule is Cc1ncccc1-c1nnc(SCCCC2(c3ccc(C(F)(F)F)cc3)CC23CCNC3)n1C. The summed E-state index contributed by atoms with van der Waals surface area (Å²) < 4.78 is 41.2. The molecule has 9 heteroatoms. The van der Waals surface area contributed by atoms with Gasteiger partial charge in [-0.15, -0.1) is 10.2 Å². The van der Waals surface area contributed by atoms with E-state index in [2.05, 4.69) is 20.5 Å². The van der Waals surface area contributed by atoms with Gasteiger partial charge in [-0.05, 0) is 74.4 Å². The predicted molar refractivity (Wildman–Crippen MR) is 127 cm³/mol.